The molecule has 1 atom stereocenters. The molecule has 1 unspecified atom stereocenters. The van der Waals surface area contributed by atoms with Gasteiger partial charge in [0.25, 0.3) is 0 Å². The summed E-state index contributed by atoms with van der Waals surface area (Å²) in [5, 5.41) is 0. The molecule has 0 N–H and O–H groups in total. The van der Waals surface area contributed by atoms with Crippen LogP contribution in [0, 0.1) is 5.92 Å². The van der Waals surface area contributed by atoms with E-state index in [9.17, 15) is 0 Å². The topological polar surface area (TPSA) is 6.48 Å². The molecule has 0 radical (unpaired) electrons. The molecule has 1 heterocycles. The average Bonchev–Trinajstić information content (AvgIpc) is 2.09. The molecule has 0 bridgehead atoms. The molecule has 0 aromatic rings. The van der Waals surface area contributed by atoms with Gasteiger partial charge in [0, 0.05) is 38.6 Å². The number of nitrogens with zero attached hydrogens (tertiary/aromatic N) is 2. The Morgan fingerprint density at radius 1 is 1.14 bits per heavy atom. The van der Waals surface area contributed by atoms with Gasteiger partial charge in [-0.2, -0.15) is 0 Å². The molecule has 0 saturated carbocycles. The molecule has 14 heavy (non-hydrogen) atoms. The first-order chi connectivity index (χ1) is 5.72. The molecule has 1 rings (SSSR count). The Bertz CT molecular complexity index is 127. The molecule has 2 nitrogen and oxygen atoms in total. The van der Waals surface area contributed by atoms with E-state index in [1.54, 1.807) is 0 Å². The zero-order valence-electron chi connectivity index (χ0n) is 8.91. The van der Waals surface area contributed by atoms with Gasteiger partial charge in [-0.3, -0.25) is 0 Å². The zero-order chi connectivity index (χ0) is 8.97. The van der Waals surface area contributed by atoms with Gasteiger partial charge in [0.2, 0.25) is 0 Å². The maximum absolute atomic E-state index is 5.76. The van der Waals surface area contributed by atoms with Crippen LogP contribution in [0.15, 0.2) is 0 Å². The predicted molar refractivity (Wildman–Crippen MR) is 68.3 cm³/mol. The highest BCUT2D eigenvalue weighted by molar-refractivity contribution is 6.18. The molecular weight excluding hydrogens is 242 g/mol. The lowest BCUT2D eigenvalue weighted by atomic mass is 10.2. The quantitative estimate of drug-likeness (QED) is 0.718. The van der Waals surface area contributed by atoms with Crippen molar-refractivity contribution in [3.05, 3.63) is 0 Å². The van der Waals surface area contributed by atoms with Crippen LogP contribution in [0.25, 0.3) is 0 Å². The van der Waals surface area contributed by atoms with E-state index in [2.05, 4.69) is 23.8 Å². The fourth-order valence-corrected chi connectivity index (χ4v) is 1.62. The number of piperazine rings is 1. The van der Waals surface area contributed by atoms with Crippen molar-refractivity contribution < 1.29 is 0 Å². The standard InChI is InChI=1S/C9H19ClN2.2ClH/c1-9(7-10)8-12-5-3-11(2)4-6-12;;/h9H,3-8H2,1-2H3;2*1H. The highest BCUT2D eigenvalue weighted by atomic mass is 35.5. The van der Waals surface area contributed by atoms with Crippen LogP contribution in [0.1, 0.15) is 6.92 Å². The lowest BCUT2D eigenvalue weighted by Crippen LogP contribution is -2.45. The van der Waals surface area contributed by atoms with Gasteiger partial charge in [-0.05, 0) is 13.0 Å². The molecule has 0 spiro atoms. The van der Waals surface area contributed by atoms with Crippen molar-refractivity contribution in [3.63, 3.8) is 0 Å². The Balaban J connectivity index is 0. The van der Waals surface area contributed by atoms with E-state index in [0.717, 1.165) is 12.4 Å². The van der Waals surface area contributed by atoms with Gasteiger partial charge in [0.1, 0.15) is 0 Å². The third kappa shape index (κ3) is 6.31. The minimum atomic E-state index is 0. The van der Waals surface area contributed by atoms with E-state index >= 15 is 0 Å². The van der Waals surface area contributed by atoms with Gasteiger partial charge in [-0.15, -0.1) is 36.4 Å². The molecule has 1 fully saturated rings. The van der Waals surface area contributed by atoms with Crippen LogP contribution < -0.4 is 0 Å². The van der Waals surface area contributed by atoms with Gasteiger partial charge in [-0.25, -0.2) is 0 Å². The van der Waals surface area contributed by atoms with Crippen molar-refractivity contribution in [2.45, 2.75) is 6.92 Å². The van der Waals surface area contributed by atoms with Crippen molar-refractivity contribution in [3.8, 4) is 0 Å². The van der Waals surface area contributed by atoms with Gasteiger partial charge in [0.05, 0.1) is 0 Å². The smallest absolute Gasteiger partial charge is 0.0261 e. The second kappa shape index (κ2) is 9.05. The lowest BCUT2D eigenvalue weighted by molar-refractivity contribution is 0.142. The van der Waals surface area contributed by atoms with Crippen LogP contribution in [0.3, 0.4) is 0 Å². The second-order valence-electron chi connectivity index (χ2n) is 3.86. The molecule has 5 heteroatoms. The molecule has 0 aliphatic carbocycles. The fraction of sp³-hybridized carbons (Fsp3) is 1.00. The molecule has 1 aliphatic heterocycles. The molecule has 1 aliphatic rings. The van der Waals surface area contributed by atoms with Crippen LogP contribution >= 0.6 is 36.4 Å². The lowest BCUT2D eigenvalue weighted by Gasteiger charge is -2.33. The summed E-state index contributed by atoms with van der Waals surface area (Å²) in [4.78, 5) is 4.88. The Morgan fingerprint density at radius 2 is 1.64 bits per heavy atom. The first-order valence-electron chi connectivity index (χ1n) is 4.69. The Hall–Kier alpha value is 0.790. The first kappa shape index (κ1) is 17.2. The Morgan fingerprint density at radius 3 is 2.07 bits per heavy atom. The van der Waals surface area contributed by atoms with E-state index in [1.165, 1.54) is 26.2 Å². The molecule has 0 amide bonds. The van der Waals surface area contributed by atoms with Crippen LogP contribution in [0.2, 0.25) is 0 Å². The van der Waals surface area contributed by atoms with Gasteiger partial charge in [-0.1, -0.05) is 6.92 Å². The van der Waals surface area contributed by atoms with Gasteiger partial charge >= 0.3 is 0 Å². The van der Waals surface area contributed by atoms with E-state index < -0.39 is 0 Å². The summed E-state index contributed by atoms with van der Waals surface area (Å²) in [6.45, 7) is 8.20. The highest BCUT2D eigenvalue weighted by Crippen LogP contribution is 2.05. The molecule has 1 saturated heterocycles. The Kier molecular flexibility index (Phi) is 11.1. The van der Waals surface area contributed by atoms with Crippen molar-refractivity contribution in [1.82, 2.24) is 9.80 Å². The fourth-order valence-electron chi connectivity index (χ4n) is 1.52. The summed E-state index contributed by atoms with van der Waals surface area (Å²) in [5.41, 5.74) is 0. The number of rotatable bonds is 3. The Labute approximate surface area is 105 Å². The van der Waals surface area contributed by atoms with E-state index in [0.29, 0.717) is 5.92 Å². The molecule has 0 aromatic heterocycles. The van der Waals surface area contributed by atoms with Gasteiger partial charge < -0.3 is 9.80 Å². The first-order valence-corrected chi connectivity index (χ1v) is 5.22. The minimum Gasteiger partial charge on any atom is -0.304 e. The average molecular weight is 264 g/mol. The summed E-state index contributed by atoms with van der Waals surface area (Å²) < 4.78 is 0. The molecule has 88 valence electrons. The zero-order valence-corrected chi connectivity index (χ0v) is 11.3. The summed E-state index contributed by atoms with van der Waals surface area (Å²) in [6, 6.07) is 0. The summed E-state index contributed by atoms with van der Waals surface area (Å²) >= 11 is 5.76. The number of hydrogen-bond acceptors (Lipinski definition) is 2. The number of alkyl halides is 1. The van der Waals surface area contributed by atoms with Gasteiger partial charge in [0.15, 0.2) is 0 Å². The molecule has 0 aromatic carbocycles. The third-order valence-corrected chi connectivity index (χ3v) is 2.96. The highest BCUT2D eigenvalue weighted by Gasteiger charge is 2.15. The van der Waals surface area contributed by atoms with E-state index in [1.807, 2.05) is 0 Å². The van der Waals surface area contributed by atoms with E-state index in [4.69, 9.17) is 11.6 Å². The number of halogens is 3. The normalized spacial score (nSPS) is 20.8. The summed E-state index contributed by atoms with van der Waals surface area (Å²) in [6.07, 6.45) is 0. The van der Waals surface area contributed by atoms with Crippen molar-refractivity contribution in [2.75, 3.05) is 45.7 Å². The summed E-state index contributed by atoms with van der Waals surface area (Å²) in [5.74, 6) is 1.42. The van der Waals surface area contributed by atoms with Crippen molar-refractivity contribution >= 4 is 36.4 Å². The predicted octanol–water partition coefficient (Wildman–Crippen LogP) is 1.95. The van der Waals surface area contributed by atoms with Crippen molar-refractivity contribution in [1.29, 1.82) is 0 Å². The third-order valence-electron chi connectivity index (χ3n) is 2.43. The van der Waals surface area contributed by atoms with Crippen LogP contribution in [-0.4, -0.2) is 55.5 Å². The number of likely N-dealkylation sites (N-methyl/N-ethyl adjacent to an activating group) is 1. The monoisotopic (exact) mass is 262 g/mol. The SMILES string of the molecule is CC(CCl)CN1CCN(C)CC1.Cl.Cl. The maximum atomic E-state index is 5.76. The van der Waals surface area contributed by atoms with E-state index in [-0.39, 0.29) is 24.8 Å². The molecular formula is C9H21Cl3N2. The minimum absolute atomic E-state index is 0. The van der Waals surface area contributed by atoms with Crippen LogP contribution in [-0.2, 0) is 0 Å². The number of hydrogen-bond donors (Lipinski definition) is 0. The second-order valence-corrected chi connectivity index (χ2v) is 4.17. The summed E-state index contributed by atoms with van der Waals surface area (Å²) in [7, 11) is 2.18. The maximum Gasteiger partial charge on any atom is 0.0261 e. The van der Waals surface area contributed by atoms with Crippen molar-refractivity contribution in [2.24, 2.45) is 5.92 Å². The largest absolute Gasteiger partial charge is 0.304 e. The van der Waals surface area contributed by atoms with Crippen LogP contribution in [0.4, 0.5) is 0 Å². The van der Waals surface area contributed by atoms with Crippen LogP contribution in [0.5, 0.6) is 0 Å².